The third kappa shape index (κ3) is 4.07. The number of anilines is 1. The summed E-state index contributed by atoms with van der Waals surface area (Å²) in [6, 6.07) is 17.6. The molecule has 0 bridgehead atoms. The van der Waals surface area contributed by atoms with E-state index in [1.807, 2.05) is 36.4 Å². The zero-order chi connectivity index (χ0) is 18.7. The maximum Gasteiger partial charge on any atom is 0.232 e. The summed E-state index contributed by atoms with van der Waals surface area (Å²) in [5, 5.41) is 13.2. The molecule has 0 saturated heterocycles. The van der Waals surface area contributed by atoms with Crippen LogP contribution in [0.25, 0.3) is 11.5 Å². The molecule has 1 aromatic heterocycles. The lowest BCUT2D eigenvalue weighted by atomic mass is 9.87. The molecule has 0 aliphatic carbocycles. The summed E-state index contributed by atoms with van der Waals surface area (Å²) in [7, 11) is 0. The first-order valence-corrected chi connectivity index (χ1v) is 8.75. The number of nitrogens with one attached hydrogen (secondary N) is 1. The normalized spacial score (nSPS) is 11.2. The third-order valence-electron chi connectivity index (χ3n) is 4.10. The Labute approximate surface area is 158 Å². The number of hydrogen-bond acceptors (Lipinski definition) is 4. The van der Waals surface area contributed by atoms with E-state index in [1.54, 1.807) is 0 Å². The fraction of sp³-hybridized carbons (Fsp3) is 0.238. The number of rotatable bonds is 4. The molecule has 0 saturated carbocycles. The zero-order valence-electron chi connectivity index (χ0n) is 15.0. The number of oxazole rings is 1. The smallest absolute Gasteiger partial charge is 0.232 e. The molecule has 0 unspecified atom stereocenters. The van der Waals surface area contributed by atoms with Gasteiger partial charge in [-0.15, -0.1) is 0 Å². The van der Waals surface area contributed by atoms with Crippen molar-refractivity contribution in [2.45, 2.75) is 32.7 Å². The highest BCUT2D eigenvalue weighted by Gasteiger charge is 2.17. The minimum atomic E-state index is 0.0816. The maximum absolute atomic E-state index is 9.33. The van der Waals surface area contributed by atoms with Crippen LogP contribution in [-0.4, -0.2) is 4.98 Å². The lowest BCUT2D eigenvalue weighted by molar-refractivity contribution is 0.582. The molecule has 1 heterocycles. The topological polar surface area (TPSA) is 61.9 Å². The Morgan fingerprint density at radius 3 is 2.31 bits per heavy atom. The Morgan fingerprint density at radius 2 is 1.73 bits per heavy atom. The van der Waals surface area contributed by atoms with Crippen LogP contribution in [0.4, 0.5) is 5.88 Å². The SMILES string of the molecule is CC(C)(C)c1ccc(-c2nc(C#N)c(NCc3ccc(Cl)cc3)o2)cc1. The average Bonchev–Trinajstić information content (AvgIpc) is 3.04. The summed E-state index contributed by atoms with van der Waals surface area (Å²) in [5.41, 5.74) is 3.43. The molecule has 5 heteroatoms. The van der Waals surface area contributed by atoms with Gasteiger partial charge in [-0.05, 0) is 40.8 Å². The van der Waals surface area contributed by atoms with Gasteiger partial charge in [0.25, 0.3) is 0 Å². The Morgan fingerprint density at radius 1 is 1.08 bits per heavy atom. The van der Waals surface area contributed by atoms with Crippen LogP contribution in [0.1, 0.15) is 37.6 Å². The number of nitriles is 1. The molecule has 132 valence electrons. The number of halogens is 1. The van der Waals surface area contributed by atoms with Crippen LogP contribution in [-0.2, 0) is 12.0 Å². The van der Waals surface area contributed by atoms with Gasteiger partial charge in [0.2, 0.25) is 17.5 Å². The molecule has 0 spiro atoms. The van der Waals surface area contributed by atoms with Crippen LogP contribution in [0.2, 0.25) is 5.02 Å². The summed E-state index contributed by atoms with van der Waals surface area (Å²) >= 11 is 5.89. The van der Waals surface area contributed by atoms with Crippen molar-refractivity contribution in [3.8, 4) is 17.5 Å². The van der Waals surface area contributed by atoms with E-state index in [4.69, 9.17) is 16.0 Å². The van der Waals surface area contributed by atoms with E-state index in [0.29, 0.717) is 23.3 Å². The van der Waals surface area contributed by atoms with Crippen molar-refractivity contribution in [3.63, 3.8) is 0 Å². The van der Waals surface area contributed by atoms with E-state index in [1.165, 1.54) is 5.56 Å². The molecular weight excluding hydrogens is 346 g/mol. The first-order chi connectivity index (χ1) is 12.4. The van der Waals surface area contributed by atoms with Crippen LogP contribution >= 0.6 is 11.6 Å². The molecule has 0 atom stereocenters. The van der Waals surface area contributed by atoms with Crippen LogP contribution in [0.3, 0.4) is 0 Å². The van der Waals surface area contributed by atoms with Gasteiger partial charge in [0.05, 0.1) is 0 Å². The second-order valence-electron chi connectivity index (χ2n) is 7.12. The Bertz CT molecular complexity index is 929. The predicted octanol–water partition coefficient (Wildman–Crippen LogP) is 5.78. The highest BCUT2D eigenvalue weighted by Crippen LogP contribution is 2.28. The van der Waals surface area contributed by atoms with E-state index in [9.17, 15) is 5.26 Å². The maximum atomic E-state index is 9.33. The summed E-state index contributed by atoms with van der Waals surface area (Å²) in [6.07, 6.45) is 0. The number of hydrogen-bond donors (Lipinski definition) is 1. The molecule has 3 aromatic rings. The van der Waals surface area contributed by atoms with Crippen molar-refractivity contribution in [2.24, 2.45) is 0 Å². The van der Waals surface area contributed by atoms with Gasteiger partial charge < -0.3 is 9.73 Å². The summed E-state index contributed by atoms with van der Waals surface area (Å²) in [4.78, 5) is 4.31. The second kappa shape index (κ2) is 7.23. The summed E-state index contributed by atoms with van der Waals surface area (Å²) in [6.45, 7) is 7.02. The summed E-state index contributed by atoms with van der Waals surface area (Å²) < 4.78 is 5.79. The van der Waals surface area contributed by atoms with Gasteiger partial charge in [0.15, 0.2) is 0 Å². The fourth-order valence-electron chi connectivity index (χ4n) is 2.54. The molecule has 0 amide bonds. The molecule has 0 aliphatic rings. The van der Waals surface area contributed by atoms with Gasteiger partial charge in [-0.3, -0.25) is 0 Å². The minimum absolute atomic E-state index is 0.0816. The lowest BCUT2D eigenvalue weighted by Crippen LogP contribution is -2.10. The molecule has 3 rings (SSSR count). The van der Waals surface area contributed by atoms with E-state index in [2.05, 4.69) is 49.3 Å². The van der Waals surface area contributed by atoms with Crippen LogP contribution in [0.15, 0.2) is 52.9 Å². The van der Waals surface area contributed by atoms with Crippen molar-refractivity contribution in [1.82, 2.24) is 4.98 Å². The van der Waals surface area contributed by atoms with E-state index in [-0.39, 0.29) is 11.1 Å². The van der Waals surface area contributed by atoms with E-state index < -0.39 is 0 Å². The van der Waals surface area contributed by atoms with Gasteiger partial charge in [-0.2, -0.15) is 10.2 Å². The first kappa shape index (κ1) is 18.0. The molecule has 4 nitrogen and oxygen atoms in total. The van der Waals surface area contributed by atoms with Crippen molar-refractivity contribution in [3.05, 3.63) is 70.4 Å². The lowest BCUT2D eigenvalue weighted by Gasteiger charge is -2.18. The van der Waals surface area contributed by atoms with Gasteiger partial charge in [-0.25, -0.2) is 0 Å². The molecule has 0 radical (unpaired) electrons. The van der Waals surface area contributed by atoms with Crippen LogP contribution in [0, 0.1) is 11.3 Å². The molecule has 0 fully saturated rings. The zero-order valence-corrected chi connectivity index (χ0v) is 15.8. The van der Waals surface area contributed by atoms with Crippen molar-refractivity contribution >= 4 is 17.5 Å². The summed E-state index contributed by atoms with van der Waals surface area (Å²) in [5.74, 6) is 0.804. The van der Waals surface area contributed by atoms with Gasteiger partial charge in [-0.1, -0.05) is 56.6 Å². The Hall–Kier alpha value is -2.77. The average molecular weight is 366 g/mol. The first-order valence-electron chi connectivity index (χ1n) is 8.37. The highest BCUT2D eigenvalue weighted by atomic mass is 35.5. The quantitative estimate of drug-likeness (QED) is 0.636. The predicted molar refractivity (Wildman–Crippen MR) is 104 cm³/mol. The van der Waals surface area contributed by atoms with Crippen LogP contribution < -0.4 is 5.32 Å². The Balaban J connectivity index is 1.80. The van der Waals surface area contributed by atoms with E-state index in [0.717, 1.165) is 11.1 Å². The van der Waals surface area contributed by atoms with Crippen LogP contribution in [0.5, 0.6) is 0 Å². The number of nitrogens with zero attached hydrogens (tertiary/aromatic N) is 2. The highest BCUT2D eigenvalue weighted by molar-refractivity contribution is 6.30. The molecule has 0 aliphatic heterocycles. The molecular formula is C21H20ClN3O. The number of benzene rings is 2. The largest absolute Gasteiger partial charge is 0.419 e. The molecule has 2 aromatic carbocycles. The van der Waals surface area contributed by atoms with Crippen molar-refractivity contribution < 1.29 is 4.42 Å². The van der Waals surface area contributed by atoms with Gasteiger partial charge in [0.1, 0.15) is 6.07 Å². The van der Waals surface area contributed by atoms with Gasteiger partial charge in [0, 0.05) is 17.1 Å². The molecule has 1 N–H and O–H groups in total. The minimum Gasteiger partial charge on any atom is -0.419 e. The van der Waals surface area contributed by atoms with Crippen molar-refractivity contribution in [1.29, 1.82) is 5.26 Å². The standard InChI is InChI=1S/C21H20ClN3O/c1-21(2,3)16-8-6-15(7-9-16)19-25-18(12-23)20(26-19)24-13-14-4-10-17(22)11-5-14/h4-11,24H,13H2,1-3H3. The number of aromatic nitrogens is 1. The molecule has 26 heavy (non-hydrogen) atoms. The monoisotopic (exact) mass is 365 g/mol. The third-order valence-corrected chi connectivity index (χ3v) is 4.35. The second-order valence-corrected chi connectivity index (χ2v) is 7.55. The van der Waals surface area contributed by atoms with E-state index >= 15 is 0 Å². The van der Waals surface area contributed by atoms with Gasteiger partial charge >= 0.3 is 0 Å². The van der Waals surface area contributed by atoms with Crippen molar-refractivity contribution in [2.75, 3.05) is 5.32 Å². The fourth-order valence-corrected chi connectivity index (χ4v) is 2.66. The Kier molecular flexibility index (Phi) is 5.01.